The molecular formula is C23H18N2O6. The first-order valence-corrected chi connectivity index (χ1v) is 9.57. The molecule has 0 aromatic heterocycles. The van der Waals surface area contributed by atoms with Gasteiger partial charge in [0.05, 0.1) is 4.92 Å². The fraction of sp³-hybridized carbons (Fsp3) is 0.130. The fourth-order valence-electron chi connectivity index (χ4n) is 3.59. The molecule has 0 saturated carbocycles. The van der Waals surface area contributed by atoms with E-state index in [1.54, 1.807) is 0 Å². The summed E-state index contributed by atoms with van der Waals surface area (Å²) in [6.45, 7) is -0.201. The van der Waals surface area contributed by atoms with Gasteiger partial charge in [0, 0.05) is 18.1 Å². The van der Waals surface area contributed by atoms with Gasteiger partial charge < -0.3 is 14.8 Å². The number of amides is 1. The number of carbonyl (C=O) groups excluding carboxylic acids is 2. The maximum absolute atomic E-state index is 12.1. The number of hydrogen-bond donors (Lipinski definition) is 1. The molecule has 0 bridgehead atoms. The summed E-state index contributed by atoms with van der Waals surface area (Å²) in [6.07, 6.45) is -0.859. The summed E-state index contributed by atoms with van der Waals surface area (Å²) in [6, 6.07) is 21.0. The van der Waals surface area contributed by atoms with Crippen molar-refractivity contribution in [3.05, 3.63) is 94.0 Å². The molecule has 3 aromatic carbocycles. The molecule has 4 rings (SSSR count). The second-order valence-electron chi connectivity index (χ2n) is 6.90. The third-order valence-corrected chi connectivity index (χ3v) is 5.01. The second kappa shape index (κ2) is 8.66. The van der Waals surface area contributed by atoms with E-state index >= 15 is 0 Å². The van der Waals surface area contributed by atoms with Gasteiger partial charge in [-0.3, -0.25) is 14.9 Å². The van der Waals surface area contributed by atoms with Crippen LogP contribution in [0.15, 0.2) is 72.8 Å². The quantitative estimate of drug-likeness (QED) is 0.368. The Bertz CT molecular complexity index is 1100. The molecule has 156 valence electrons. The van der Waals surface area contributed by atoms with Crippen LogP contribution in [0.4, 0.5) is 10.5 Å². The van der Waals surface area contributed by atoms with Crippen molar-refractivity contribution in [3.8, 4) is 16.9 Å². The monoisotopic (exact) mass is 418 g/mol. The number of esters is 1. The molecule has 0 saturated heterocycles. The van der Waals surface area contributed by atoms with Crippen molar-refractivity contribution in [2.45, 2.75) is 5.92 Å². The van der Waals surface area contributed by atoms with E-state index in [4.69, 9.17) is 9.47 Å². The van der Waals surface area contributed by atoms with E-state index in [1.165, 1.54) is 24.3 Å². The molecule has 31 heavy (non-hydrogen) atoms. The summed E-state index contributed by atoms with van der Waals surface area (Å²) in [5, 5.41) is 13.0. The highest BCUT2D eigenvalue weighted by Gasteiger charge is 2.29. The fourth-order valence-corrected chi connectivity index (χ4v) is 3.59. The Balaban J connectivity index is 1.30. The Labute approximate surface area is 177 Å². The zero-order valence-electron chi connectivity index (χ0n) is 16.3. The van der Waals surface area contributed by atoms with Crippen molar-refractivity contribution >= 4 is 17.7 Å². The van der Waals surface area contributed by atoms with Gasteiger partial charge in [0.1, 0.15) is 18.9 Å². The van der Waals surface area contributed by atoms with Crippen LogP contribution in [0, 0.1) is 10.1 Å². The average Bonchev–Trinajstić information content (AvgIpc) is 3.10. The average molecular weight is 418 g/mol. The molecular weight excluding hydrogens is 400 g/mol. The molecule has 8 nitrogen and oxygen atoms in total. The van der Waals surface area contributed by atoms with Crippen LogP contribution in [0.1, 0.15) is 17.0 Å². The number of rotatable bonds is 6. The minimum Gasteiger partial charge on any atom is -0.463 e. The Morgan fingerprint density at radius 1 is 0.903 bits per heavy atom. The van der Waals surface area contributed by atoms with Gasteiger partial charge in [-0.05, 0) is 34.4 Å². The second-order valence-corrected chi connectivity index (χ2v) is 6.90. The van der Waals surface area contributed by atoms with E-state index in [0.717, 1.165) is 22.3 Å². The topological polar surface area (TPSA) is 108 Å². The van der Waals surface area contributed by atoms with Crippen LogP contribution >= 0.6 is 0 Å². The summed E-state index contributed by atoms with van der Waals surface area (Å²) in [5.41, 5.74) is 4.34. The lowest BCUT2D eigenvalue weighted by atomic mass is 9.98. The van der Waals surface area contributed by atoms with Crippen LogP contribution in [-0.2, 0) is 9.53 Å². The number of nitro groups is 1. The molecule has 0 aliphatic heterocycles. The Morgan fingerprint density at radius 3 is 2.06 bits per heavy atom. The zero-order chi connectivity index (χ0) is 21.8. The molecule has 1 N–H and O–H groups in total. The lowest BCUT2D eigenvalue weighted by Gasteiger charge is -2.14. The molecule has 0 spiro atoms. The number of ether oxygens (including phenoxy) is 2. The summed E-state index contributed by atoms with van der Waals surface area (Å²) in [5.74, 6) is -0.540. The van der Waals surface area contributed by atoms with Crippen molar-refractivity contribution in [3.63, 3.8) is 0 Å². The maximum atomic E-state index is 12.1. The normalized spacial score (nSPS) is 11.9. The number of carbonyl (C=O) groups is 2. The summed E-state index contributed by atoms with van der Waals surface area (Å²) < 4.78 is 10.4. The third-order valence-electron chi connectivity index (χ3n) is 5.01. The summed E-state index contributed by atoms with van der Waals surface area (Å²) in [7, 11) is 0. The van der Waals surface area contributed by atoms with Crippen molar-refractivity contribution in [2.75, 3.05) is 13.2 Å². The lowest BCUT2D eigenvalue weighted by Crippen LogP contribution is -2.33. The third kappa shape index (κ3) is 4.37. The molecule has 1 aliphatic carbocycles. The number of nitro benzene ring substituents is 1. The molecule has 0 fully saturated rings. The number of nitrogens with zero attached hydrogens (tertiary/aromatic N) is 1. The minimum atomic E-state index is -0.859. The number of benzene rings is 3. The van der Waals surface area contributed by atoms with Crippen LogP contribution in [0.2, 0.25) is 0 Å². The van der Waals surface area contributed by atoms with Crippen LogP contribution in [0.25, 0.3) is 11.1 Å². The highest BCUT2D eigenvalue weighted by Crippen LogP contribution is 2.44. The Kier molecular flexibility index (Phi) is 5.61. The number of non-ortho nitro benzene ring substituents is 1. The summed E-state index contributed by atoms with van der Waals surface area (Å²) in [4.78, 5) is 34.1. The minimum absolute atomic E-state index is 0.0663. The lowest BCUT2D eigenvalue weighted by molar-refractivity contribution is -0.384. The van der Waals surface area contributed by atoms with Crippen molar-refractivity contribution in [1.29, 1.82) is 0 Å². The van der Waals surface area contributed by atoms with Crippen molar-refractivity contribution < 1.29 is 24.0 Å². The van der Waals surface area contributed by atoms with E-state index in [9.17, 15) is 19.7 Å². The van der Waals surface area contributed by atoms with Crippen LogP contribution < -0.4 is 10.1 Å². The highest BCUT2D eigenvalue weighted by molar-refractivity contribution is 5.80. The summed E-state index contributed by atoms with van der Waals surface area (Å²) >= 11 is 0. The number of fused-ring (bicyclic) bond motifs is 3. The van der Waals surface area contributed by atoms with Gasteiger partial charge in [0.15, 0.2) is 0 Å². The van der Waals surface area contributed by atoms with Crippen LogP contribution in [-0.4, -0.2) is 30.1 Å². The zero-order valence-corrected chi connectivity index (χ0v) is 16.3. The van der Waals surface area contributed by atoms with E-state index in [2.05, 4.69) is 5.32 Å². The smallest absolute Gasteiger partial charge is 0.413 e. The van der Waals surface area contributed by atoms with Crippen molar-refractivity contribution in [1.82, 2.24) is 5.32 Å². The molecule has 0 atom stereocenters. The van der Waals surface area contributed by atoms with Gasteiger partial charge in [-0.25, -0.2) is 4.79 Å². The largest absolute Gasteiger partial charge is 0.463 e. The van der Waals surface area contributed by atoms with Gasteiger partial charge in [-0.2, -0.15) is 0 Å². The number of hydrogen-bond acceptors (Lipinski definition) is 6. The first-order chi connectivity index (χ1) is 15.0. The van der Waals surface area contributed by atoms with Gasteiger partial charge in [-0.1, -0.05) is 48.5 Å². The van der Waals surface area contributed by atoms with Gasteiger partial charge in [-0.15, -0.1) is 0 Å². The first-order valence-electron chi connectivity index (χ1n) is 9.57. The van der Waals surface area contributed by atoms with Gasteiger partial charge >= 0.3 is 12.1 Å². The maximum Gasteiger partial charge on any atom is 0.413 e. The molecule has 8 heteroatoms. The van der Waals surface area contributed by atoms with E-state index in [0.29, 0.717) is 0 Å². The van der Waals surface area contributed by atoms with E-state index in [-0.39, 0.29) is 30.5 Å². The van der Waals surface area contributed by atoms with Crippen LogP contribution in [0.3, 0.4) is 0 Å². The molecule has 1 amide bonds. The molecule has 1 aliphatic rings. The SMILES string of the molecule is O=C(CNC(=O)Oc1ccc([N+](=O)[O-])cc1)OCC1c2ccccc2-c2ccccc21. The highest BCUT2D eigenvalue weighted by atomic mass is 16.6. The molecule has 0 unspecified atom stereocenters. The standard InChI is InChI=1S/C23H18N2O6/c26-22(13-24-23(27)31-16-11-9-15(10-12-16)25(28)29)30-14-21-19-7-3-1-5-17(19)18-6-2-4-8-20(18)21/h1-12,21H,13-14H2,(H,24,27). The Hall–Kier alpha value is -4.20. The molecule has 3 aromatic rings. The number of nitrogens with one attached hydrogen (secondary N) is 1. The predicted octanol–water partition coefficient (Wildman–Crippen LogP) is 4.04. The van der Waals surface area contributed by atoms with Gasteiger partial charge in [0.2, 0.25) is 0 Å². The van der Waals surface area contributed by atoms with E-state index in [1.807, 2.05) is 48.5 Å². The molecule has 0 heterocycles. The first kappa shape index (κ1) is 20.1. The Morgan fingerprint density at radius 2 is 1.48 bits per heavy atom. The molecule has 0 radical (unpaired) electrons. The predicted molar refractivity (Wildman–Crippen MR) is 112 cm³/mol. The van der Waals surface area contributed by atoms with Crippen LogP contribution in [0.5, 0.6) is 5.75 Å². The van der Waals surface area contributed by atoms with E-state index < -0.39 is 17.0 Å². The van der Waals surface area contributed by atoms with Gasteiger partial charge in [0.25, 0.3) is 5.69 Å². The van der Waals surface area contributed by atoms with Crippen molar-refractivity contribution in [2.24, 2.45) is 0 Å².